The molecule has 0 aromatic heterocycles. The standard InChI is InChI=1S/C22H22ClN3O3/c1-14-19(21(27)16-2-6-17(23)7-3-16)20(25-22(28)24-14)15-4-8-18(9-5-15)26-10-12-29-13-11-26/h2-9,20H,10-13H2,1H3,(H2,24,25,28). The van der Waals surface area contributed by atoms with E-state index in [-0.39, 0.29) is 11.8 Å². The predicted molar refractivity (Wildman–Crippen MR) is 112 cm³/mol. The molecule has 2 aromatic carbocycles. The molecule has 1 unspecified atom stereocenters. The van der Waals surface area contributed by atoms with Gasteiger partial charge in [-0.05, 0) is 48.9 Å². The van der Waals surface area contributed by atoms with Crippen molar-refractivity contribution in [3.8, 4) is 0 Å². The number of nitrogens with one attached hydrogen (secondary N) is 2. The van der Waals surface area contributed by atoms with Gasteiger partial charge in [-0.3, -0.25) is 4.79 Å². The summed E-state index contributed by atoms with van der Waals surface area (Å²) in [5.41, 5.74) is 3.55. The predicted octanol–water partition coefficient (Wildman–Crippen LogP) is 3.69. The van der Waals surface area contributed by atoms with Crippen LogP contribution in [0.15, 0.2) is 59.8 Å². The van der Waals surface area contributed by atoms with Gasteiger partial charge in [-0.2, -0.15) is 0 Å². The summed E-state index contributed by atoms with van der Waals surface area (Å²) >= 11 is 5.95. The number of ether oxygens (including phenoxy) is 1. The number of carbonyl (C=O) groups is 2. The zero-order valence-electron chi connectivity index (χ0n) is 16.1. The Morgan fingerprint density at radius 3 is 2.38 bits per heavy atom. The number of nitrogens with zero attached hydrogens (tertiary/aromatic N) is 1. The second kappa shape index (κ2) is 8.27. The molecule has 2 aromatic rings. The molecule has 2 aliphatic heterocycles. The lowest BCUT2D eigenvalue weighted by Gasteiger charge is -2.31. The monoisotopic (exact) mass is 411 g/mol. The van der Waals surface area contributed by atoms with Crippen molar-refractivity contribution < 1.29 is 14.3 Å². The summed E-state index contributed by atoms with van der Waals surface area (Å²) in [7, 11) is 0. The molecule has 1 fully saturated rings. The Hall–Kier alpha value is -2.83. The Kier molecular flexibility index (Phi) is 5.56. The minimum absolute atomic E-state index is 0.145. The maximum Gasteiger partial charge on any atom is 0.319 e. The molecule has 6 nitrogen and oxygen atoms in total. The van der Waals surface area contributed by atoms with E-state index >= 15 is 0 Å². The van der Waals surface area contributed by atoms with Crippen LogP contribution in [0.5, 0.6) is 0 Å². The Morgan fingerprint density at radius 2 is 1.72 bits per heavy atom. The van der Waals surface area contributed by atoms with Crippen molar-refractivity contribution in [2.75, 3.05) is 31.2 Å². The lowest BCUT2D eigenvalue weighted by atomic mass is 9.89. The first kappa shape index (κ1) is 19.5. The number of urea groups is 1. The van der Waals surface area contributed by atoms with Gasteiger partial charge in [0.15, 0.2) is 5.78 Å². The molecule has 0 aliphatic carbocycles. The van der Waals surface area contributed by atoms with Crippen molar-refractivity contribution in [3.63, 3.8) is 0 Å². The number of allylic oxidation sites excluding steroid dienone is 1. The van der Waals surface area contributed by atoms with E-state index in [0.717, 1.165) is 24.3 Å². The van der Waals surface area contributed by atoms with Gasteiger partial charge in [-0.15, -0.1) is 0 Å². The zero-order valence-corrected chi connectivity index (χ0v) is 16.8. The van der Waals surface area contributed by atoms with Gasteiger partial charge in [0.05, 0.1) is 19.3 Å². The van der Waals surface area contributed by atoms with Gasteiger partial charge in [-0.25, -0.2) is 4.79 Å². The fraction of sp³-hybridized carbons (Fsp3) is 0.273. The number of halogens is 1. The summed E-state index contributed by atoms with van der Waals surface area (Å²) in [4.78, 5) is 27.6. The van der Waals surface area contributed by atoms with E-state index in [0.29, 0.717) is 35.1 Å². The number of rotatable bonds is 4. The number of hydrogen-bond acceptors (Lipinski definition) is 4. The average Bonchev–Trinajstić information content (AvgIpc) is 2.74. The van der Waals surface area contributed by atoms with E-state index in [2.05, 4.69) is 15.5 Å². The van der Waals surface area contributed by atoms with Crippen LogP contribution in [0, 0.1) is 0 Å². The van der Waals surface area contributed by atoms with Crippen molar-refractivity contribution in [1.29, 1.82) is 0 Å². The van der Waals surface area contributed by atoms with E-state index in [1.807, 2.05) is 24.3 Å². The molecule has 2 heterocycles. The Morgan fingerprint density at radius 1 is 1.07 bits per heavy atom. The number of hydrogen-bond donors (Lipinski definition) is 2. The topological polar surface area (TPSA) is 70.7 Å². The highest BCUT2D eigenvalue weighted by molar-refractivity contribution is 6.30. The molecular weight excluding hydrogens is 390 g/mol. The highest BCUT2D eigenvalue weighted by atomic mass is 35.5. The van der Waals surface area contributed by atoms with Crippen LogP contribution in [0.25, 0.3) is 0 Å². The third-order valence-corrected chi connectivity index (χ3v) is 5.47. The number of morpholine rings is 1. The van der Waals surface area contributed by atoms with Gasteiger partial charge in [0, 0.05) is 40.6 Å². The summed E-state index contributed by atoms with van der Waals surface area (Å²) in [6, 6.07) is 13.9. The molecule has 1 saturated heterocycles. The largest absolute Gasteiger partial charge is 0.378 e. The van der Waals surface area contributed by atoms with E-state index in [1.165, 1.54) is 0 Å². The Bertz CT molecular complexity index is 948. The van der Waals surface area contributed by atoms with Crippen LogP contribution in [0.1, 0.15) is 28.9 Å². The van der Waals surface area contributed by atoms with Crippen LogP contribution < -0.4 is 15.5 Å². The van der Waals surface area contributed by atoms with Gasteiger partial charge < -0.3 is 20.3 Å². The second-order valence-electron chi connectivity index (χ2n) is 7.10. The lowest BCUT2D eigenvalue weighted by molar-refractivity contribution is 0.102. The van der Waals surface area contributed by atoms with Crippen LogP contribution >= 0.6 is 11.6 Å². The molecule has 150 valence electrons. The fourth-order valence-electron chi connectivity index (χ4n) is 3.70. The van der Waals surface area contributed by atoms with Crippen molar-refractivity contribution in [2.24, 2.45) is 0 Å². The smallest absolute Gasteiger partial charge is 0.319 e. The molecule has 0 radical (unpaired) electrons. The molecule has 0 spiro atoms. The van der Waals surface area contributed by atoms with Crippen molar-refractivity contribution in [2.45, 2.75) is 13.0 Å². The maximum absolute atomic E-state index is 13.2. The zero-order chi connectivity index (χ0) is 20.4. The second-order valence-corrected chi connectivity index (χ2v) is 7.53. The average molecular weight is 412 g/mol. The van der Waals surface area contributed by atoms with E-state index in [1.54, 1.807) is 31.2 Å². The van der Waals surface area contributed by atoms with Crippen LogP contribution in [-0.2, 0) is 4.74 Å². The first-order valence-electron chi connectivity index (χ1n) is 9.54. The van der Waals surface area contributed by atoms with Gasteiger partial charge in [0.2, 0.25) is 0 Å². The Balaban J connectivity index is 1.65. The molecule has 0 saturated carbocycles. The minimum Gasteiger partial charge on any atom is -0.378 e. The van der Waals surface area contributed by atoms with Crippen molar-refractivity contribution in [1.82, 2.24) is 10.6 Å². The lowest BCUT2D eigenvalue weighted by Crippen LogP contribution is -2.45. The van der Waals surface area contributed by atoms with E-state index < -0.39 is 6.04 Å². The van der Waals surface area contributed by atoms with Crippen molar-refractivity contribution >= 4 is 29.1 Å². The first-order chi connectivity index (χ1) is 14.0. The van der Waals surface area contributed by atoms with Gasteiger partial charge >= 0.3 is 6.03 Å². The van der Waals surface area contributed by atoms with Gasteiger partial charge in [0.25, 0.3) is 0 Å². The highest BCUT2D eigenvalue weighted by Crippen LogP contribution is 2.31. The summed E-state index contributed by atoms with van der Waals surface area (Å²) in [5.74, 6) is -0.145. The van der Waals surface area contributed by atoms with Crippen LogP contribution in [0.3, 0.4) is 0 Å². The van der Waals surface area contributed by atoms with Crippen LogP contribution in [0.4, 0.5) is 10.5 Å². The fourth-order valence-corrected chi connectivity index (χ4v) is 3.83. The molecule has 2 N–H and O–H groups in total. The van der Waals surface area contributed by atoms with Crippen LogP contribution in [0.2, 0.25) is 5.02 Å². The molecule has 2 aliphatic rings. The SMILES string of the molecule is CC1=C(C(=O)c2ccc(Cl)cc2)C(c2ccc(N3CCOCC3)cc2)NC(=O)N1. The third kappa shape index (κ3) is 4.13. The van der Waals surface area contributed by atoms with Gasteiger partial charge in [0.1, 0.15) is 0 Å². The molecule has 29 heavy (non-hydrogen) atoms. The molecular formula is C22H22ClN3O3. The van der Waals surface area contributed by atoms with Crippen LogP contribution in [-0.4, -0.2) is 38.1 Å². The molecule has 0 bridgehead atoms. The normalized spacial score (nSPS) is 19.6. The summed E-state index contributed by atoms with van der Waals surface area (Å²) in [6.07, 6.45) is 0. The highest BCUT2D eigenvalue weighted by Gasteiger charge is 2.31. The molecule has 4 rings (SSSR count). The minimum atomic E-state index is -0.523. The molecule has 7 heteroatoms. The third-order valence-electron chi connectivity index (χ3n) is 5.22. The number of ketones is 1. The summed E-state index contributed by atoms with van der Waals surface area (Å²) in [6.45, 7) is 4.88. The number of amides is 2. The quantitative estimate of drug-likeness (QED) is 0.753. The number of carbonyl (C=O) groups excluding carboxylic acids is 2. The van der Waals surface area contributed by atoms with E-state index in [4.69, 9.17) is 16.3 Å². The van der Waals surface area contributed by atoms with Crippen molar-refractivity contribution in [3.05, 3.63) is 76.0 Å². The molecule has 1 atom stereocenters. The Labute approximate surface area is 174 Å². The number of benzene rings is 2. The first-order valence-corrected chi connectivity index (χ1v) is 9.92. The molecule has 2 amide bonds. The summed E-state index contributed by atoms with van der Waals surface area (Å²) in [5, 5.41) is 6.17. The number of Topliss-reactive ketones (excluding diaryl/α,β-unsaturated/α-hetero) is 1. The van der Waals surface area contributed by atoms with E-state index in [9.17, 15) is 9.59 Å². The number of anilines is 1. The maximum atomic E-state index is 13.2. The summed E-state index contributed by atoms with van der Waals surface area (Å²) < 4.78 is 5.41. The van der Waals surface area contributed by atoms with Gasteiger partial charge in [-0.1, -0.05) is 23.7 Å².